The van der Waals surface area contributed by atoms with Gasteiger partial charge < -0.3 is 10.5 Å². The first kappa shape index (κ1) is 14.6. The summed E-state index contributed by atoms with van der Waals surface area (Å²) >= 11 is 0. The van der Waals surface area contributed by atoms with Crippen LogP contribution in [0.5, 0.6) is 5.75 Å². The van der Waals surface area contributed by atoms with Crippen molar-refractivity contribution in [1.29, 1.82) is 0 Å². The van der Waals surface area contributed by atoms with Crippen molar-refractivity contribution < 1.29 is 4.74 Å². The molecule has 0 aromatic heterocycles. The van der Waals surface area contributed by atoms with Crippen LogP contribution in [0.25, 0.3) is 0 Å². The van der Waals surface area contributed by atoms with Crippen LogP contribution in [-0.2, 0) is 0 Å². The number of anilines is 1. The number of nitrogens with two attached hydrogens (primary N) is 1. The van der Waals surface area contributed by atoms with E-state index in [4.69, 9.17) is 10.5 Å². The molecule has 0 bridgehead atoms. The first-order chi connectivity index (χ1) is 10.8. The molecule has 0 aliphatic rings. The predicted octanol–water partition coefficient (Wildman–Crippen LogP) is 3.04. The molecule has 0 saturated heterocycles. The minimum Gasteiger partial charge on any atom is -0.497 e. The van der Waals surface area contributed by atoms with E-state index in [1.807, 2.05) is 24.3 Å². The average Bonchev–Trinajstić information content (AvgIpc) is 2.59. The van der Waals surface area contributed by atoms with Crippen LogP contribution in [0.2, 0.25) is 0 Å². The van der Waals surface area contributed by atoms with Gasteiger partial charge in [0.25, 0.3) is 0 Å². The predicted molar refractivity (Wildman–Crippen MR) is 96.1 cm³/mol. The molecule has 0 aliphatic heterocycles. The van der Waals surface area contributed by atoms with Crippen molar-refractivity contribution in [2.75, 3.05) is 12.8 Å². The lowest BCUT2D eigenvalue weighted by molar-refractivity contribution is 0.415. The SMILES string of the molecule is COc1ccc(N)c(P(c2ccccc2)c2ccccc2)c1. The van der Waals surface area contributed by atoms with Gasteiger partial charge in [-0.05, 0) is 36.7 Å². The molecule has 2 N–H and O–H groups in total. The molecule has 0 heterocycles. The van der Waals surface area contributed by atoms with Gasteiger partial charge in [0.2, 0.25) is 0 Å². The molecule has 3 aromatic rings. The van der Waals surface area contributed by atoms with Gasteiger partial charge in [0.1, 0.15) is 5.75 Å². The van der Waals surface area contributed by atoms with Gasteiger partial charge in [-0.25, -0.2) is 0 Å². The van der Waals surface area contributed by atoms with Gasteiger partial charge in [-0.1, -0.05) is 60.7 Å². The summed E-state index contributed by atoms with van der Waals surface area (Å²) in [4.78, 5) is 0. The lowest BCUT2D eigenvalue weighted by Crippen LogP contribution is -2.22. The number of nitrogen functional groups attached to an aromatic ring is 1. The molecule has 22 heavy (non-hydrogen) atoms. The van der Waals surface area contributed by atoms with Gasteiger partial charge in [0, 0.05) is 11.0 Å². The molecule has 0 atom stereocenters. The maximum atomic E-state index is 6.28. The van der Waals surface area contributed by atoms with Crippen LogP contribution in [0, 0.1) is 0 Å². The summed E-state index contributed by atoms with van der Waals surface area (Å²) in [7, 11) is 0.989. The first-order valence-corrected chi connectivity index (χ1v) is 8.47. The number of ether oxygens (including phenoxy) is 1. The van der Waals surface area contributed by atoms with E-state index in [1.54, 1.807) is 7.11 Å². The number of benzene rings is 3. The Bertz CT molecular complexity index is 704. The van der Waals surface area contributed by atoms with Crippen LogP contribution in [0.15, 0.2) is 78.9 Å². The zero-order valence-electron chi connectivity index (χ0n) is 12.4. The molecular weight excluding hydrogens is 289 g/mol. The highest BCUT2D eigenvalue weighted by Gasteiger charge is 2.19. The second-order valence-electron chi connectivity index (χ2n) is 4.93. The van der Waals surface area contributed by atoms with E-state index in [1.165, 1.54) is 10.6 Å². The van der Waals surface area contributed by atoms with Crippen LogP contribution >= 0.6 is 7.92 Å². The van der Waals surface area contributed by atoms with Crippen molar-refractivity contribution in [3.63, 3.8) is 0 Å². The van der Waals surface area contributed by atoms with E-state index >= 15 is 0 Å². The van der Waals surface area contributed by atoms with Crippen molar-refractivity contribution in [3.05, 3.63) is 78.9 Å². The number of rotatable bonds is 4. The van der Waals surface area contributed by atoms with Gasteiger partial charge >= 0.3 is 0 Å². The molecule has 0 saturated carbocycles. The van der Waals surface area contributed by atoms with Crippen LogP contribution in [-0.4, -0.2) is 7.11 Å². The molecular formula is C19H18NOP. The Hall–Kier alpha value is -2.31. The van der Waals surface area contributed by atoms with Gasteiger partial charge in [0.15, 0.2) is 0 Å². The molecule has 2 nitrogen and oxygen atoms in total. The highest BCUT2D eigenvalue weighted by atomic mass is 31.1. The molecule has 3 rings (SSSR count). The van der Waals surface area contributed by atoms with Crippen molar-refractivity contribution >= 4 is 29.5 Å². The Morgan fingerprint density at radius 1 is 0.773 bits per heavy atom. The van der Waals surface area contributed by atoms with Crippen molar-refractivity contribution in [2.45, 2.75) is 0 Å². The largest absolute Gasteiger partial charge is 0.497 e. The molecule has 3 heteroatoms. The van der Waals surface area contributed by atoms with Crippen LogP contribution < -0.4 is 26.4 Å². The van der Waals surface area contributed by atoms with E-state index in [2.05, 4.69) is 54.6 Å². The summed E-state index contributed by atoms with van der Waals surface area (Å²) in [6.45, 7) is 0. The molecule has 0 fully saturated rings. The van der Waals surface area contributed by atoms with Gasteiger partial charge in [0.05, 0.1) is 7.11 Å². The molecule has 0 unspecified atom stereocenters. The quantitative estimate of drug-likeness (QED) is 0.594. The van der Waals surface area contributed by atoms with Crippen molar-refractivity contribution in [2.24, 2.45) is 0 Å². The summed E-state index contributed by atoms with van der Waals surface area (Å²) in [6, 6.07) is 26.9. The summed E-state index contributed by atoms with van der Waals surface area (Å²) in [5.74, 6) is 0.837. The average molecular weight is 307 g/mol. The van der Waals surface area contributed by atoms with E-state index in [0.717, 1.165) is 16.7 Å². The Morgan fingerprint density at radius 2 is 1.32 bits per heavy atom. The Balaban J connectivity index is 2.18. The molecule has 3 aromatic carbocycles. The van der Waals surface area contributed by atoms with Gasteiger partial charge in [-0.2, -0.15) is 0 Å². The lowest BCUT2D eigenvalue weighted by Gasteiger charge is -2.21. The third kappa shape index (κ3) is 2.98. The number of methoxy groups -OCH3 is 1. The number of hydrogen-bond donors (Lipinski definition) is 1. The Labute approximate surface area is 132 Å². The molecule has 0 radical (unpaired) electrons. The fourth-order valence-electron chi connectivity index (χ4n) is 2.43. The molecule has 0 aliphatic carbocycles. The van der Waals surface area contributed by atoms with Crippen LogP contribution in [0.4, 0.5) is 5.69 Å². The molecule has 0 spiro atoms. The first-order valence-electron chi connectivity index (χ1n) is 7.13. The van der Waals surface area contributed by atoms with Crippen LogP contribution in [0.1, 0.15) is 0 Å². The van der Waals surface area contributed by atoms with Crippen molar-refractivity contribution in [3.8, 4) is 5.75 Å². The standard InChI is InChI=1S/C19H18NOP/c1-21-15-12-13-18(20)19(14-15)22(16-8-4-2-5-9-16)17-10-6-3-7-11-17/h2-14H,20H2,1H3. The van der Waals surface area contributed by atoms with E-state index in [9.17, 15) is 0 Å². The Kier molecular flexibility index (Phi) is 4.41. The van der Waals surface area contributed by atoms with Gasteiger partial charge in [-0.15, -0.1) is 0 Å². The van der Waals surface area contributed by atoms with E-state index < -0.39 is 7.92 Å². The summed E-state index contributed by atoms with van der Waals surface area (Å²) in [6.07, 6.45) is 0. The van der Waals surface area contributed by atoms with Crippen molar-refractivity contribution in [1.82, 2.24) is 0 Å². The third-order valence-corrected chi connectivity index (χ3v) is 6.01. The highest BCUT2D eigenvalue weighted by Crippen LogP contribution is 2.36. The second kappa shape index (κ2) is 6.64. The van der Waals surface area contributed by atoms with E-state index in [-0.39, 0.29) is 0 Å². The van der Waals surface area contributed by atoms with Gasteiger partial charge in [-0.3, -0.25) is 0 Å². The Morgan fingerprint density at radius 3 is 1.82 bits per heavy atom. The number of hydrogen-bond acceptors (Lipinski definition) is 2. The summed E-state index contributed by atoms with van der Waals surface area (Å²) < 4.78 is 5.39. The zero-order chi connectivity index (χ0) is 15.4. The topological polar surface area (TPSA) is 35.2 Å². The maximum absolute atomic E-state index is 6.28. The summed E-state index contributed by atoms with van der Waals surface area (Å²) in [5, 5.41) is 3.69. The minimum atomic E-state index is -0.694. The normalized spacial score (nSPS) is 10.6. The van der Waals surface area contributed by atoms with Crippen LogP contribution in [0.3, 0.4) is 0 Å². The fraction of sp³-hybridized carbons (Fsp3) is 0.0526. The lowest BCUT2D eigenvalue weighted by atomic mass is 10.3. The third-order valence-electron chi connectivity index (χ3n) is 3.51. The highest BCUT2D eigenvalue weighted by molar-refractivity contribution is 7.80. The second-order valence-corrected chi connectivity index (χ2v) is 7.12. The monoisotopic (exact) mass is 307 g/mol. The zero-order valence-corrected chi connectivity index (χ0v) is 13.3. The minimum absolute atomic E-state index is 0.694. The molecule has 0 amide bonds. The fourth-order valence-corrected chi connectivity index (χ4v) is 4.81. The van der Waals surface area contributed by atoms with E-state index in [0.29, 0.717) is 0 Å². The smallest absolute Gasteiger partial charge is 0.119 e. The maximum Gasteiger partial charge on any atom is 0.119 e. The summed E-state index contributed by atoms with van der Waals surface area (Å²) in [5.41, 5.74) is 7.09. The molecule has 110 valence electrons.